The van der Waals surface area contributed by atoms with Crippen LogP contribution in [0.4, 0.5) is 4.79 Å². The summed E-state index contributed by atoms with van der Waals surface area (Å²) >= 11 is 2.23. The number of nitrogens with one attached hydrogen (secondary N) is 1. The Morgan fingerprint density at radius 3 is 2.76 bits per heavy atom. The van der Waals surface area contributed by atoms with Gasteiger partial charge in [-0.3, -0.25) is 24.3 Å². The molecule has 168 valence electrons. The summed E-state index contributed by atoms with van der Waals surface area (Å²) in [6, 6.07) is 13.6. The highest BCUT2D eigenvalue weighted by molar-refractivity contribution is 8.18. The van der Waals surface area contributed by atoms with E-state index < -0.39 is 0 Å². The van der Waals surface area contributed by atoms with Gasteiger partial charge in [0, 0.05) is 44.4 Å². The van der Waals surface area contributed by atoms with Crippen LogP contribution in [0.2, 0.25) is 0 Å². The molecule has 10 heteroatoms. The zero-order valence-corrected chi connectivity index (χ0v) is 19.2. The number of carbonyl (C=O) groups is 3. The van der Waals surface area contributed by atoms with Crippen molar-refractivity contribution in [1.82, 2.24) is 24.8 Å². The maximum atomic E-state index is 12.5. The van der Waals surface area contributed by atoms with Crippen molar-refractivity contribution in [3.8, 4) is 0 Å². The van der Waals surface area contributed by atoms with Crippen LogP contribution in [0.1, 0.15) is 11.1 Å². The first-order valence-electron chi connectivity index (χ1n) is 10.2. The van der Waals surface area contributed by atoms with E-state index >= 15 is 0 Å². The molecular weight excluding hydrogens is 458 g/mol. The number of imidazole rings is 1. The molecule has 1 aliphatic rings. The summed E-state index contributed by atoms with van der Waals surface area (Å²) in [5.74, 6) is -0.359. The number of thioether (sulfide) groups is 2. The van der Waals surface area contributed by atoms with Gasteiger partial charge in [0.2, 0.25) is 5.91 Å². The van der Waals surface area contributed by atoms with Crippen LogP contribution in [0.25, 0.3) is 6.08 Å². The third-order valence-electron chi connectivity index (χ3n) is 4.72. The van der Waals surface area contributed by atoms with Crippen molar-refractivity contribution in [1.29, 1.82) is 0 Å². The first-order chi connectivity index (χ1) is 16.1. The van der Waals surface area contributed by atoms with Gasteiger partial charge in [-0.05, 0) is 35.0 Å². The number of hydrogen-bond donors (Lipinski definition) is 1. The second-order valence-electron chi connectivity index (χ2n) is 7.08. The van der Waals surface area contributed by atoms with Gasteiger partial charge in [0.05, 0.1) is 10.7 Å². The number of pyridine rings is 1. The van der Waals surface area contributed by atoms with Gasteiger partial charge in [-0.2, -0.15) is 0 Å². The number of rotatable bonds is 9. The number of nitrogens with zero attached hydrogens (tertiary/aromatic N) is 4. The topological polar surface area (TPSA) is 97.2 Å². The Hall–Kier alpha value is -3.37. The molecule has 3 aromatic rings. The molecule has 1 fully saturated rings. The van der Waals surface area contributed by atoms with Gasteiger partial charge in [0.25, 0.3) is 11.1 Å². The van der Waals surface area contributed by atoms with Crippen LogP contribution in [-0.4, -0.2) is 55.3 Å². The van der Waals surface area contributed by atoms with Gasteiger partial charge < -0.3 is 9.88 Å². The summed E-state index contributed by atoms with van der Waals surface area (Å²) in [6.45, 7) is 0.987. The number of hydrogen-bond acceptors (Lipinski definition) is 7. The van der Waals surface area contributed by atoms with E-state index in [4.69, 9.17) is 0 Å². The lowest BCUT2D eigenvalue weighted by Crippen LogP contribution is -2.37. The molecule has 1 aliphatic heterocycles. The van der Waals surface area contributed by atoms with Crippen LogP contribution in [0.5, 0.6) is 0 Å². The normalized spacial score (nSPS) is 14.8. The van der Waals surface area contributed by atoms with Gasteiger partial charge >= 0.3 is 0 Å². The highest BCUT2D eigenvalue weighted by atomic mass is 32.2. The molecule has 0 saturated carbocycles. The first-order valence-corrected chi connectivity index (χ1v) is 12.0. The fraction of sp³-hybridized carbons (Fsp3) is 0.174. The summed E-state index contributed by atoms with van der Waals surface area (Å²) in [6.07, 6.45) is 8.50. The number of aromatic nitrogens is 3. The zero-order valence-electron chi connectivity index (χ0n) is 17.6. The zero-order chi connectivity index (χ0) is 23.0. The van der Waals surface area contributed by atoms with Crippen LogP contribution in [0, 0.1) is 0 Å². The summed E-state index contributed by atoms with van der Waals surface area (Å²) < 4.78 is 1.99. The molecule has 1 N–H and O–H groups in total. The molecule has 0 unspecified atom stereocenters. The minimum absolute atomic E-state index is 0.119. The summed E-state index contributed by atoms with van der Waals surface area (Å²) in [5, 5.41) is 3.17. The van der Waals surface area contributed by atoms with Crippen molar-refractivity contribution in [2.75, 3.05) is 18.8 Å². The molecule has 0 atom stereocenters. The average molecular weight is 480 g/mol. The van der Waals surface area contributed by atoms with Crippen molar-refractivity contribution in [3.63, 3.8) is 0 Å². The molecule has 3 amide bonds. The Morgan fingerprint density at radius 1 is 1.12 bits per heavy atom. The van der Waals surface area contributed by atoms with Crippen molar-refractivity contribution in [3.05, 3.63) is 83.3 Å². The quantitative estimate of drug-likeness (QED) is 0.372. The molecule has 0 bridgehead atoms. The smallest absolute Gasteiger partial charge is 0.293 e. The van der Waals surface area contributed by atoms with Crippen LogP contribution in [0.15, 0.2) is 77.3 Å². The first kappa shape index (κ1) is 22.8. The van der Waals surface area contributed by atoms with Gasteiger partial charge in [0.1, 0.15) is 0 Å². The van der Waals surface area contributed by atoms with Crippen molar-refractivity contribution in [2.45, 2.75) is 11.7 Å². The van der Waals surface area contributed by atoms with Crippen LogP contribution < -0.4 is 5.32 Å². The number of carbonyl (C=O) groups excluding carboxylic acids is 3. The number of amides is 3. The molecule has 1 saturated heterocycles. The molecule has 8 nitrogen and oxygen atoms in total. The van der Waals surface area contributed by atoms with Crippen molar-refractivity contribution < 1.29 is 14.4 Å². The van der Waals surface area contributed by atoms with E-state index in [2.05, 4.69) is 15.3 Å². The van der Waals surface area contributed by atoms with E-state index in [-0.39, 0.29) is 35.9 Å². The fourth-order valence-corrected chi connectivity index (χ4v) is 4.78. The summed E-state index contributed by atoms with van der Waals surface area (Å²) in [4.78, 5) is 46.8. The van der Waals surface area contributed by atoms with Crippen molar-refractivity contribution >= 4 is 46.7 Å². The average Bonchev–Trinajstić information content (AvgIpc) is 3.38. The molecule has 33 heavy (non-hydrogen) atoms. The molecule has 2 aromatic heterocycles. The monoisotopic (exact) mass is 479 g/mol. The van der Waals surface area contributed by atoms with E-state index in [0.29, 0.717) is 11.4 Å². The van der Waals surface area contributed by atoms with Crippen LogP contribution >= 0.6 is 23.5 Å². The third kappa shape index (κ3) is 6.11. The molecule has 0 spiro atoms. The highest BCUT2D eigenvalue weighted by Gasteiger charge is 2.34. The fourth-order valence-electron chi connectivity index (χ4n) is 3.13. The standard InChI is InChI=1S/C23H21N5O3S2/c29-20(16-32-22-26-9-11-27(22)15-17-5-2-1-3-6-17)25-10-12-28-21(30)19(33-23(28)31)13-18-7-4-8-24-14-18/h1-9,11,13-14H,10,12,15-16H2,(H,25,29)/b19-13-. The molecular formula is C23H21N5O3S2. The molecule has 1 aromatic carbocycles. The Balaban J connectivity index is 1.23. The van der Waals surface area contributed by atoms with Gasteiger partial charge in [-0.15, -0.1) is 0 Å². The number of benzene rings is 1. The van der Waals surface area contributed by atoms with E-state index in [1.165, 1.54) is 11.8 Å². The second kappa shape index (κ2) is 11.0. The van der Waals surface area contributed by atoms with Crippen molar-refractivity contribution in [2.24, 2.45) is 0 Å². The maximum absolute atomic E-state index is 12.5. The minimum Gasteiger partial charge on any atom is -0.354 e. The van der Waals surface area contributed by atoms with E-state index in [1.807, 2.05) is 47.2 Å². The lowest BCUT2D eigenvalue weighted by Gasteiger charge is -2.13. The Morgan fingerprint density at radius 2 is 1.97 bits per heavy atom. The molecule has 3 heterocycles. The molecule has 4 rings (SSSR count). The van der Waals surface area contributed by atoms with Crippen LogP contribution in [-0.2, 0) is 16.1 Å². The van der Waals surface area contributed by atoms with E-state index in [1.54, 1.807) is 30.7 Å². The molecule has 0 radical (unpaired) electrons. The Labute approximate surface area is 199 Å². The lowest BCUT2D eigenvalue weighted by atomic mass is 10.2. The maximum Gasteiger partial charge on any atom is 0.293 e. The minimum atomic E-state index is -0.361. The highest BCUT2D eigenvalue weighted by Crippen LogP contribution is 2.31. The Kier molecular flexibility index (Phi) is 7.59. The molecule has 0 aliphatic carbocycles. The summed E-state index contributed by atoms with van der Waals surface area (Å²) in [5.41, 5.74) is 1.90. The largest absolute Gasteiger partial charge is 0.354 e. The third-order valence-corrected chi connectivity index (χ3v) is 6.63. The predicted molar refractivity (Wildman–Crippen MR) is 128 cm³/mol. The van der Waals surface area contributed by atoms with Gasteiger partial charge in [-0.1, -0.05) is 48.2 Å². The lowest BCUT2D eigenvalue weighted by molar-refractivity contribution is -0.123. The van der Waals surface area contributed by atoms with E-state index in [9.17, 15) is 14.4 Å². The number of imide groups is 1. The van der Waals surface area contributed by atoms with E-state index in [0.717, 1.165) is 32.9 Å². The summed E-state index contributed by atoms with van der Waals surface area (Å²) in [7, 11) is 0. The van der Waals surface area contributed by atoms with Gasteiger partial charge in [-0.25, -0.2) is 4.98 Å². The predicted octanol–water partition coefficient (Wildman–Crippen LogP) is 3.27. The Bertz CT molecular complexity index is 1170. The van der Waals surface area contributed by atoms with Crippen LogP contribution in [0.3, 0.4) is 0 Å². The second-order valence-corrected chi connectivity index (χ2v) is 9.02. The van der Waals surface area contributed by atoms with Gasteiger partial charge in [0.15, 0.2) is 5.16 Å². The SMILES string of the molecule is O=C(CSc1nccn1Cc1ccccc1)NCCN1C(=O)S/C(=C\c2cccnc2)C1=O.